The van der Waals surface area contributed by atoms with E-state index in [1.165, 1.54) is 23.5 Å². The molecular formula is C13H22N2OS. The Balaban J connectivity index is 1.98. The Morgan fingerprint density at radius 2 is 2.29 bits per heavy atom. The van der Waals surface area contributed by atoms with E-state index in [4.69, 9.17) is 9.72 Å². The molecule has 1 heterocycles. The van der Waals surface area contributed by atoms with Gasteiger partial charge in [0, 0.05) is 19.0 Å². The second-order valence-electron chi connectivity index (χ2n) is 5.03. The van der Waals surface area contributed by atoms with Gasteiger partial charge in [0.25, 0.3) is 0 Å². The average molecular weight is 254 g/mol. The molecule has 0 aromatic carbocycles. The Kier molecular flexibility index (Phi) is 4.54. The molecule has 1 aromatic rings. The zero-order valence-corrected chi connectivity index (χ0v) is 11.7. The lowest BCUT2D eigenvalue weighted by Crippen LogP contribution is -2.26. The van der Waals surface area contributed by atoms with E-state index in [2.05, 4.69) is 24.5 Å². The fourth-order valence-electron chi connectivity index (χ4n) is 1.91. The molecule has 1 N–H and O–H groups in total. The molecule has 3 nitrogen and oxygen atoms in total. The predicted octanol–water partition coefficient (Wildman–Crippen LogP) is 2.95. The summed E-state index contributed by atoms with van der Waals surface area (Å²) in [5, 5.41) is 7.03. The Morgan fingerprint density at radius 3 is 2.82 bits per heavy atom. The van der Waals surface area contributed by atoms with E-state index in [0.717, 1.165) is 19.1 Å². The molecule has 1 saturated carbocycles. The van der Waals surface area contributed by atoms with E-state index in [-0.39, 0.29) is 0 Å². The van der Waals surface area contributed by atoms with Crippen molar-refractivity contribution >= 4 is 11.3 Å². The van der Waals surface area contributed by atoms with Crippen LogP contribution in [-0.2, 0) is 4.74 Å². The van der Waals surface area contributed by atoms with Gasteiger partial charge < -0.3 is 10.1 Å². The van der Waals surface area contributed by atoms with Crippen LogP contribution >= 0.6 is 11.3 Å². The topological polar surface area (TPSA) is 34.1 Å². The van der Waals surface area contributed by atoms with E-state index < -0.39 is 0 Å². The van der Waals surface area contributed by atoms with Gasteiger partial charge in [0.1, 0.15) is 5.01 Å². The van der Waals surface area contributed by atoms with Gasteiger partial charge >= 0.3 is 0 Å². The van der Waals surface area contributed by atoms with Crippen molar-refractivity contribution in [2.75, 3.05) is 20.3 Å². The maximum atomic E-state index is 5.09. The summed E-state index contributed by atoms with van der Waals surface area (Å²) in [7, 11) is 1.74. The van der Waals surface area contributed by atoms with Crippen LogP contribution in [0.2, 0.25) is 0 Å². The maximum absolute atomic E-state index is 5.09. The van der Waals surface area contributed by atoms with Crippen molar-refractivity contribution < 1.29 is 4.74 Å². The largest absolute Gasteiger partial charge is 0.383 e. The number of hydrogen-bond acceptors (Lipinski definition) is 4. The number of nitrogens with one attached hydrogen (secondary N) is 1. The molecule has 0 amide bonds. The number of ether oxygens (including phenoxy) is 1. The van der Waals surface area contributed by atoms with Crippen LogP contribution in [0.25, 0.3) is 0 Å². The smallest absolute Gasteiger partial charge is 0.110 e. The SMILES string of the molecule is COCCNC(c1nc(C(C)C)cs1)C1CC1. The maximum Gasteiger partial charge on any atom is 0.110 e. The van der Waals surface area contributed by atoms with E-state index >= 15 is 0 Å². The Labute approximate surface area is 108 Å². The standard InChI is InChI=1S/C13H22N2OS/c1-9(2)11-8-17-13(15-11)12(10-4-5-10)14-6-7-16-3/h8-10,12,14H,4-7H2,1-3H3. The van der Waals surface area contributed by atoms with Gasteiger partial charge in [-0.05, 0) is 24.7 Å². The molecule has 96 valence electrons. The fraction of sp³-hybridized carbons (Fsp3) is 0.769. The van der Waals surface area contributed by atoms with Crippen molar-refractivity contribution in [1.82, 2.24) is 10.3 Å². The van der Waals surface area contributed by atoms with Gasteiger partial charge in [-0.3, -0.25) is 0 Å². The quantitative estimate of drug-likeness (QED) is 0.760. The summed E-state index contributed by atoms with van der Waals surface area (Å²) >= 11 is 1.80. The first kappa shape index (κ1) is 13.0. The molecule has 1 aliphatic carbocycles. The van der Waals surface area contributed by atoms with E-state index in [9.17, 15) is 0 Å². The van der Waals surface area contributed by atoms with Crippen LogP contribution in [-0.4, -0.2) is 25.2 Å². The monoisotopic (exact) mass is 254 g/mol. The molecule has 4 heteroatoms. The van der Waals surface area contributed by atoms with Crippen molar-refractivity contribution in [1.29, 1.82) is 0 Å². The third kappa shape index (κ3) is 3.50. The predicted molar refractivity (Wildman–Crippen MR) is 71.5 cm³/mol. The highest BCUT2D eigenvalue weighted by atomic mass is 32.1. The van der Waals surface area contributed by atoms with E-state index in [1.54, 1.807) is 18.4 Å². The van der Waals surface area contributed by atoms with E-state index in [0.29, 0.717) is 12.0 Å². The summed E-state index contributed by atoms with van der Waals surface area (Å²) in [5.74, 6) is 1.32. The summed E-state index contributed by atoms with van der Waals surface area (Å²) in [6.07, 6.45) is 2.67. The summed E-state index contributed by atoms with van der Waals surface area (Å²) in [6, 6.07) is 0.447. The van der Waals surface area contributed by atoms with Crippen LogP contribution in [0.3, 0.4) is 0 Å². The number of thiazole rings is 1. The first-order valence-electron chi connectivity index (χ1n) is 6.40. The van der Waals surface area contributed by atoms with Gasteiger partial charge in [-0.1, -0.05) is 13.8 Å². The highest BCUT2D eigenvalue weighted by Crippen LogP contribution is 2.42. The van der Waals surface area contributed by atoms with Gasteiger partial charge in [0.05, 0.1) is 18.3 Å². The third-order valence-electron chi connectivity index (χ3n) is 3.16. The molecule has 0 aliphatic heterocycles. The van der Waals surface area contributed by atoms with Gasteiger partial charge in [-0.25, -0.2) is 4.98 Å². The first-order valence-corrected chi connectivity index (χ1v) is 7.28. The zero-order chi connectivity index (χ0) is 12.3. The lowest BCUT2D eigenvalue weighted by molar-refractivity contribution is 0.194. The Morgan fingerprint density at radius 1 is 1.53 bits per heavy atom. The molecule has 0 saturated heterocycles. The summed E-state index contributed by atoms with van der Waals surface area (Å²) in [6.45, 7) is 6.08. The molecular weight excluding hydrogens is 232 g/mol. The minimum Gasteiger partial charge on any atom is -0.383 e. The van der Waals surface area contributed by atoms with E-state index in [1.807, 2.05) is 0 Å². The van der Waals surface area contributed by atoms with Crippen molar-refractivity contribution in [3.8, 4) is 0 Å². The van der Waals surface area contributed by atoms with Gasteiger partial charge in [0.2, 0.25) is 0 Å². The van der Waals surface area contributed by atoms with Crippen LogP contribution in [0.1, 0.15) is 49.4 Å². The second kappa shape index (κ2) is 5.94. The lowest BCUT2D eigenvalue weighted by Gasteiger charge is -2.15. The van der Waals surface area contributed by atoms with Crippen LogP contribution in [0, 0.1) is 5.92 Å². The summed E-state index contributed by atoms with van der Waals surface area (Å²) in [4.78, 5) is 4.77. The van der Waals surface area contributed by atoms with Crippen molar-refractivity contribution in [2.45, 2.75) is 38.6 Å². The number of methoxy groups -OCH3 is 1. The highest BCUT2D eigenvalue weighted by Gasteiger charge is 2.33. The van der Waals surface area contributed by atoms with Crippen LogP contribution < -0.4 is 5.32 Å². The second-order valence-corrected chi connectivity index (χ2v) is 5.92. The molecule has 1 fully saturated rings. The number of nitrogens with zero attached hydrogens (tertiary/aromatic N) is 1. The summed E-state index contributed by atoms with van der Waals surface area (Å²) in [5.41, 5.74) is 1.23. The normalized spacial score (nSPS) is 17.6. The molecule has 0 bridgehead atoms. The minimum absolute atomic E-state index is 0.447. The molecule has 17 heavy (non-hydrogen) atoms. The zero-order valence-electron chi connectivity index (χ0n) is 10.9. The van der Waals surface area contributed by atoms with Crippen LogP contribution in [0.4, 0.5) is 0 Å². The van der Waals surface area contributed by atoms with Gasteiger partial charge in [-0.15, -0.1) is 11.3 Å². The Bertz CT molecular complexity index is 347. The number of hydrogen-bond donors (Lipinski definition) is 1. The molecule has 1 unspecified atom stereocenters. The van der Waals surface area contributed by atoms with Crippen LogP contribution in [0.15, 0.2) is 5.38 Å². The molecule has 1 aliphatic rings. The third-order valence-corrected chi connectivity index (χ3v) is 4.11. The van der Waals surface area contributed by atoms with Gasteiger partial charge in [-0.2, -0.15) is 0 Å². The van der Waals surface area contributed by atoms with Gasteiger partial charge in [0.15, 0.2) is 0 Å². The van der Waals surface area contributed by atoms with Crippen molar-refractivity contribution in [2.24, 2.45) is 5.92 Å². The number of rotatable bonds is 7. The minimum atomic E-state index is 0.447. The van der Waals surface area contributed by atoms with Crippen molar-refractivity contribution in [3.63, 3.8) is 0 Å². The lowest BCUT2D eigenvalue weighted by atomic mass is 10.1. The Hall–Kier alpha value is -0.450. The average Bonchev–Trinajstić information content (AvgIpc) is 3.01. The van der Waals surface area contributed by atoms with Crippen LogP contribution in [0.5, 0.6) is 0 Å². The summed E-state index contributed by atoms with van der Waals surface area (Å²) < 4.78 is 5.09. The molecule has 0 spiro atoms. The molecule has 1 aromatic heterocycles. The van der Waals surface area contributed by atoms with Crippen molar-refractivity contribution in [3.05, 3.63) is 16.1 Å². The first-order chi connectivity index (χ1) is 8.22. The molecule has 1 atom stereocenters. The fourth-order valence-corrected chi connectivity index (χ4v) is 3.06. The molecule has 2 rings (SSSR count). The highest BCUT2D eigenvalue weighted by molar-refractivity contribution is 7.09. The number of aromatic nitrogens is 1. The molecule has 0 radical (unpaired) electrons.